The number of aromatic nitrogens is 3. The third kappa shape index (κ3) is 9.24. The second-order valence-corrected chi connectivity index (χ2v) is 16.5. The Bertz CT molecular complexity index is 2040. The average molecular weight is 817 g/mol. The van der Waals surface area contributed by atoms with Crippen LogP contribution in [0.4, 0.5) is 37.6 Å². The van der Waals surface area contributed by atoms with Crippen molar-refractivity contribution in [3.8, 4) is 5.75 Å². The van der Waals surface area contributed by atoms with E-state index in [-0.39, 0.29) is 53.2 Å². The van der Waals surface area contributed by atoms with Crippen molar-refractivity contribution < 1.29 is 32.7 Å². The summed E-state index contributed by atoms with van der Waals surface area (Å²) >= 11 is 0. The molecule has 5 heterocycles. The molecule has 2 aromatic heterocycles. The number of halogens is 2. The fourth-order valence-electron chi connectivity index (χ4n) is 8.70. The van der Waals surface area contributed by atoms with E-state index >= 15 is 0 Å². The van der Waals surface area contributed by atoms with Gasteiger partial charge in [0.1, 0.15) is 11.4 Å². The van der Waals surface area contributed by atoms with Crippen LogP contribution < -0.4 is 35.4 Å². The van der Waals surface area contributed by atoms with E-state index in [1.54, 1.807) is 32.0 Å². The van der Waals surface area contributed by atoms with Crippen LogP contribution in [0.25, 0.3) is 0 Å². The first kappa shape index (κ1) is 41.7. The number of carbonyl (C=O) groups is 4. The lowest BCUT2D eigenvalue weighted by atomic mass is 9.88. The Kier molecular flexibility index (Phi) is 12.3. The maximum atomic E-state index is 14.8. The second-order valence-electron chi connectivity index (χ2n) is 16.5. The van der Waals surface area contributed by atoms with Gasteiger partial charge in [0.05, 0.1) is 49.0 Å². The van der Waals surface area contributed by atoms with E-state index in [0.29, 0.717) is 47.5 Å². The highest BCUT2D eigenvalue weighted by atomic mass is 19.3. The quantitative estimate of drug-likeness (QED) is 0.226. The van der Waals surface area contributed by atoms with Crippen LogP contribution in [-0.2, 0) is 14.4 Å². The number of anilines is 5. The van der Waals surface area contributed by atoms with Crippen molar-refractivity contribution in [2.75, 3.05) is 67.4 Å². The lowest BCUT2D eigenvalue weighted by Crippen LogP contribution is -2.47. The number of benzene rings is 1. The fourth-order valence-corrected chi connectivity index (χ4v) is 8.70. The van der Waals surface area contributed by atoms with Crippen LogP contribution >= 0.6 is 0 Å². The van der Waals surface area contributed by atoms with Gasteiger partial charge in [0, 0.05) is 56.8 Å². The van der Waals surface area contributed by atoms with E-state index in [0.717, 1.165) is 68.7 Å². The molecular weight excluding hydrogens is 763 g/mol. The van der Waals surface area contributed by atoms with Crippen LogP contribution in [0.15, 0.2) is 42.7 Å². The first-order valence-corrected chi connectivity index (χ1v) is 20.5. The number of pyridine rings is 1. The van der Waals surface area contributed by atoms with Crippen LogP contribution in [0, 0.1) is 5.92 Å². The SMILES string of the molecule is COc1cc(C(=O)NC2CCC(N(C)CC3CCN(c4ccc(C5CCC(=O)NC5=O)nc4)CC3)CC2)ccc1Nc1ncc2c(n1)N(C(C)C)CC(F)(F)C(=O)N2C. The number of fused-ring (bicyclic) bond motifs is 1. The number of carbonyl (C=O) groups excluding carboxylic acids is 4. The Morgan fingerprint density at radius 3 is 2.42 bits per heavy atom. The zero-order valence-electron chi connectivity index (χ0n) is 34.3. The predicted molar refractivity (Wildman–Crippen MR) is 220 cm³/mol. The number of piperidine rings is 2. The van der Waals surface area contributed by atoms with Gasteiger partial charge in [0.25, 0.3) is 11.8 Å². The molecule has 0 spiro atoms. The van der Waals surface area contributed by atoms with Crippen molar-refractivity contribution in [1.82, 2.24) is 30.5 Å². The highest BCUT2D eigenvalue weighted by Crippen LogP contribution is 2.38. The maximum absolute atomic E-state index is 14.8. The van der Waals surface area contributed by atoms with Crippen molar-refractivity contribution in [3.63, 3.8) is 0 Å². The van der Waals surface area contributed by atoms with Gasteiger partial charge in [-0.3, -0.25) is 29.5 Å². The summed E-state index contributed by atoms with van der Waals surface area (Å²) < 4.78 is 35.1. The molecule has 3 N–H and O–H groups in total. The summed E-state index contributed by atoms with van der Waals surface area (Å²) in [6.45, 7) is 5.62. The molecule has 4 aliphatic rings. The summed E-state index contributed by atoms with van der Waals surface area (Å²) in [5.41, 5.74) is 2.86. The number of hydrogen-bond donors (Lipinski definition) is 3. The number of methoxy groups -OCH3 is 1. The smallest absolute Gasteiger partial charge is 0.342 e. The molecule has 1 unspecified atom stereocenters. The van der Waals surface area contributed by atoms with Gasteiger partial charge < -0.3 is 35.0 Å². The Morgan fingerprint density at radius 1 is 1.02 bits per heavy atom. The molecule has 0 radical (unpaired) electrons. The molecule has 316 valence electrons. The van der Waals surface area contributed by atoms with Gasteiger partial charge in [0.15, 0.2) is 5.82 Å². The van der Waals surface area contributed by atoms with Gasteiger partial charge in [-0.1, -0.05) is 0 Å². The van der Waals surface area contributed by atoms with Gasteiger partial charge in [-0.15, -0.1) is 0 Å². The van der Waals surface area contributed by atoms with Crippen LogP contribution in [-0.4, -0.2) is 115 Å². The van der Waals surface area contributed by atoms with Crippen molar-refractivity contribution in [1.29, 1.82) is 0 Å². The second kappa shape index (κ2) is 17.4. The van der Waals surface area contributed by atoms with E-state index in [1.165, 1.54) is 25.3 Å². The molecule has 2 saturated heterocycles. The third-order valence-corrected chi connectivity index (χ3v) is 12.3. The molecule has 1 aromatic carbocycles. The number of hydrogen-bond acceptors (Lipinski definition) is 12. The maximum Gasteiger partial charge on any atom is 0.342 e. The predicted octanol–water partition coefficient (Wildman–Crippen LogP) is 4.86. The number of nitrogens with zero attached hydrogens (tertiary/aromatic N) is 7. The number of ether oxygens (including phenoxy) is 1. The topological polar surface area (TPSA) is 165 Å². The molecule has 59 heavy (non-hydrogen) atoms. The molecule has 3 fully saturated rings. The van der Waals surface area contributed by atoms with Crippen molar-refractivity contribution in [2.45, 2.75) is 95.2 Å². The number of alkyl halides is 2. The van der Waals surface area contributed by atoms with Gasteiger partial charge >= 0.3 is 5.92 Å². The summed E-state index contributed by atoms with van der Waals surface area (Å²) in [6, 6.07) is 9.12. The largest absolute Gasteiger partial charge is 0.495 e. The Balaban J connectivity index is 0.876. The molecule has 3 aliphatic heterocycles. The molecule has 1 atom stereocenters. The number of nitrogens with one attached hydrogen (secondary N) is 3. The lowest BCUT2D eigenvalue weighted by Gasteiger charge is -2.39. The van der Waals surface area contributed by atoms with Crippen molar-refractivity contribution >= 4 is 52.5 Å². The van der Waals surface area contributed by atoms with E-state index in [1.807, 2.05) is 18.3 Å². The molecule has 0 bridgehead atoms. The Labute approximate surface area is 343 Å². The molecule has 1 aliphatic carbocycles. The molecule has 3 aromatic rings. The van der Waals surface area contributed by atoms with Crippen LogP contribution in [0.2, 0.25) is 0 Å². The molecule has 15 nitrogen and oxygen atoms in total. The molecule has 17 heteroatoms. The number of rotatable bonds is 11. The summed E-state index contributed by atoms with van der Waals surface area (Å²) in [5, 5.41) is 8.71. The third-order valence-electron chi connectivity index (χ3n) is 12.3. The van der Waals surface area contributed by atoms with Gasteiger partial charge in [-0.05, 0) is 102 Å². The number of imide groups is 1. The fraction of sp³-hybridized carbons (Fsp3) is 0.548. The standard InChI is InChI=1S/C42H54F2N10O5/c1-25(2)54-24-42(43,44)40(58)52(4)34-22-46-41(50-37(34)54)48-33-13-6-27(20-35(33)59-5)38(56)47-28-7-9-29(10-8-28)51(3)23-26-16-18-53(19-17-26)30-11-14-32(45-21-30)31-12-15-36(55)49-39(31)57/h6,11,13-14,20-22,25-26,28-29,31H,7-10,12,15-19,23-24H2,1-5H3,(H,47,56)(H,46,48,50)(H,49,55,57). The first-order valence-electron chi connectivity index (χ1n) is 20.5. The van der Waals surface area contributed by atoms with E-state index in [2.05, 4.69) is 47.7 Å². The van der Waals surface area contributed by atoms with Crippen molar-refractivity contribution in [3.05, 3.63) is 54.0 Å². The highest BCUT2D eigenvalue weighted by molar-refractivity contribution is 6.02. The highest BCUT2D eigenvalue weighted by Gasteiger charge is 2.47. The van der Waals surface area contributed by atoms with E-state index in [4.69, 9.17) is 4.74 Å². The Morgan fingerprint density at radius 2 is 1.76 bits per heavy atom. The summed E-state index contributed by atoms with van der Waals surface area (Å²) in [7, 11) is 4.99. The minimum Gasteiger partial charge on any atom is -0.495 e. The monoisotopic (exact) mass is 816 g/mol. The van der Waals surface area contributed by atoms with Gasteiger partial charge in [-0.2, -0.15) is 13.8 Å². The summed E-state index contributed by atoms with van der Waals surface area (Å²) in [5.74, 6) is -4.68. The molecule has 4 amide bonds. The average Bonchev–Trinajstić information content (AvgIpc) is 3.29. The number of amides is 4. The normalized spacial score (nSPS) is 22.6. The van der Waals surface area contributed by atoms with Gasteiger partial charge in [0.2, 0.25) is 17.8 Å². The van der Waals surface area contributed by atoms with Crippen LogP contribution in [0.1, 0.15) is 87.2 Å². The minimum atomic E-state index is -3.60. The zero-order chi connectivity index (χ0) is 42.0. The lowest BCUT2D eigenvalue weighted by molar-refractivity contribution is -0.140. The van der Waals surface area contributed by atoms with Crippen LogP contribution in [0.3, 0.4) is 0 Å². The summed E-state index contributed by atoms with van der Waals surface area (Å²) in [4.78, 5) is 70.2. The van der Waals surface area contributed by atoms with E-state index in [9.17, 15) is 28.0 Å². The minimum absolute atomic E-state index is 0.0587. The van der Waals surface area contributed by atoms with Crippen LogP contribution in [0.5, 0.6) is 5.75 Å². The molecule has 1 saturated carbocycles. The first-order chi connectivity index (χ1) is 28.2. The summed E-state index contributed by atoms with van der Waals surface area (Å²) in [6.07, 6.45) is 9.94. The zero-order valence-corrected chi connectivity index (χ0v) is 34.3. The molecular formula is C42H54F2N10O5. The Hall–Kier alpha value is -5.45. The van der Waals surface area contributed by atoms with Gasteiger partial charge in [-0.25, -0.2) is 4.98 Å². The molecule has 7 rings (SSSR count). The van der Waals surface area contributed by atoms with Crippen molar-refractivity contribution in [2.24, 2.45) is 5.92 Å². The van der Waals surface area contributed by atoms with E-state index < -0.39 is 18.4 Å².